The maximum absolute atomic E-state index is 13.0. The molecule has 0 aliphatic carbocycles. The minimum absolute atomic E-state index is 0.0986. The lowest BCUT2D eigenvalue weighted by atomic mass is 10.1. The van der Waals surface area contributed by atoms with Crippen LogP contribution in [0.25, 0.3) is 0 Å². The van der Waals surface area contributed by atoms with Crippen molar-refractivity contribution in [3.05, 3.63) is 83.4 Å². The summed E-state index contributed by atoms with van der Waals surface area (Å²) in [6.45, 7) is 2.74. The molecule has 0 saturated heterocycles. The normalized spacial score (nSPS) is 16.6. The van der Waals surface area contributed by atoms with E-state index >= 15 is 0 Å². The second-order valence-electron chi connectivity index (χ2n) is 8.18. The number of carbonyl (C=O) groups is 2. The SMILES string of the molecule is CC1Oc2ccc(NC(=O)Cc3ccccc3)cc2CN(Cc2ccc3c(c2)OCO3)C1=O. The lowest BCUT2D eigenvalue weighted by Gasteiger charge is -2.22. The fraction of sp³-hybridized carbons (Fsp3) is 0.231. The Morgan fingerprint density at radius 1 is 0.970 bits per heavy atom. The molecule has 0 aromatic heterocycles. The molecule has 5 rings (SSSR count). The van der Waals surface area contributed by atoms with Crippen LogP contribution in [0.1, 0.15) is 23.6 Å². The number of carbonyl (C=O) groups excluding carboxylic acids is 2. The summed E-state index contributed by atoms with van der Waals surface area (Å²) in [5.41, 5.74) is 3.40. The fourth-order valence-electron chi connectivity index (χ4n) is 4.06. The average Bonchev–Trinajstić information content (AvgIpc) is 3.24. The third-order valence-electron chi connectivity index (χ3n) is 5.69. The number of amides is 2. The van der Waals surface area contributed by atoms with E-state index in [1.807, 2.05) is 54.6 Å². The summed E-state index contributed by atoms with van der Waals surface area (Å²) in [4.78, 5) is 27.2. The van der Waals surface area contributed by atoms with Gasteiger partial charge in [0, 0.05) is 24.3 Å². The maximum Gasteiger partial charge on any atom is 0.263 e. The van der Waals surface area contributed by atoms with Crippen molar-refractivity contribution >= 4 is 17.5 Å². The van der Waals surface area contributed by atoms with Crippen molar-refractivity contribution in [1.82, 2.24) is 4.90 Å². The summed E-state index contributed by atoms with van der Waals surface area (Å²) in [5.74, 6) is 1.84. The van der Waals surface area contributed by atoms with E-state index in [9.17, 15) is 9.59 Å². The first-order chi connectivity index (χ1) is 16.0. The molecule has 1 atom stereocenters. The van der Waals surface area contributed by atoms with Gasteiger partial charge in [0.25, 0.3) is 5.91 Å². The average molecular weight is 444 g/mol. The van der Waals surface area contributed by atoms with Gasteiger partial charge < -0.3 is 24.4 Å². The standard InChI is InChI=1S/C26H24N2O5/c1-17-26(30)28(14-19-7-9-23-24(11-19)32-16-31-23)15-20-13-21(8-10-22(20)33-17)27-25(29)12-18-5-3-2-4-6-18/h2-11,13,17H,12,14-16H2,1H3,(H,27,29). The summed E-state index contributed by atoms with van der Waals surface area (Å²) in [6.07, 6.45) is -0.320. The summed E-state index contributed by atoms with van der Waals surface area (Å²) >= 11 is 0. The molecule has 168 valence electrons. The first-order valence-corrected chi connectivity index (χ1v) is 10.9. The van der Waals surface area contributed by atoms with Crippen LogP contribution in [0.15, 0.2) is 66.7 Å². The molecule has 0 radical (unpaired) electrons. The Labute approximate surface area is 191 Å². The quantitative estimate of drug-likeness (QED) is 0.646. The molecule has 3 aromatic carbocycles. The van der Waals surface area contributed by atoms with Gasteiger partial charge in [0.1, 0.15) is 5.75 Å². The summed E-state index contributed by atoms with van der Waals surface area (Å²) in [6, 6.07) is 20.7. The van der Waals surface area contributed by atoms with Crippen LogP contribution >= 0.6 is 0 Å². The van der Waals surface area contributed by atoms with E-state index in [1.54, 1.807) is 24.0 Å². The zero-order valence-corrected chi connectivity index (χ0v) is 18.2. The van der Waals surface area contributed by atoms with Gasteiger partial charge in [-0.2, -0.15) is 0 Å². The maximum atomic E-state index is 13.0. The molecule has 2 aliphatic rings. The Bertz CT molecular complexity index is 1190. The number of nitrogens with zero attached hydrogens (tertiary/aromatic N) is 1. The van der Waals surface area contributed by atoms with Crippen LogP contribution in [0.3, 0.4) is 0 Å². The van der Waals surface area contributed by atoms with Crippen LogP contribution in [0.5, 0.6) is 17.2 Å². The van der Waals surface area contributed by atoms with E-state index in [1.165, 1.54) is 0 Å². The number of nitrogens with one attached hydrogen (secondary N) is 1. The number of rotatable bonds is 5. The number of hydrogen-bond acceptors (Lipinski definition) is 5. The number of benzene rings is 3. The highest BCUT2D eigenvalue weighted by Crippen LogP contribution is 2.34. The molecule has 7 nitrogen and oxygen atoms in total. The molecule has 0 spiro atoms. The summed E-state index contributed by atoms with van der Waals surface area (Å²) in [7, 11) is 0. The van der Waals surface area contributed by atoms with Gasteiger partial charge in [0.15, 0.2) is 17.6 Å². The fourth-order valence-corrected chi connectivity index (χ4v) is 4.06. The number of anilines is 1. The van der Waals surface area contributed by atoms with Crippen molar-refractivity contribution in [3.63, 3.8) is 0 Å². The van der Waals surface area contributed by atoms with Crippen LogP contribution in [0.4, 0.5) is 5.69 Å². The Balaban J connectivity index is 1.33. The monoisotopic (exact) mass is 444 g/mol. The largest absolute Gasteiger partial charge is 0.481 e. The van der Waals surface area contributed by atoms with Crippen molar-refractivity contribution in [1.29, 1.82) is 0 Å². The zero-order chi connectivity index (χ0) is 22.8. The molecule has 2 aliphatic heterocycles. The Morgan fingerprint density at radius 3 is 2.61 bits per heavy atom. The van der Waals surface area contributed by atoms with Crippen molar-refractivity contribution in [2.45, 2.75) is 32.5 Å². The minimum atomic E-state index is -0.612. The second-order valence-corrected chi connectivity index (χ2v) is 8.18. The van der Waals surface area contributed by atoms with E-state index in [2.05, 4.69) is 5.32 Å². The Morgan fingerprint density at radius 2 is 1.76 bits per heavy atom. The number of ether oxygens (including phenoxy) is 3. The molecule has 1 unspecified atom stereocenters. The van der Waals surface area contributed by atoms with Crippen LogP contribution in [0.2, 0.25) is 0 Å². The van der Waals surface area contributed by atoms with Gasteiger partial charge in [0.05, 0.1) is 6.42 Å². The van der Waals surface area contributed by atoms with Gasteiger partial charge in [0.2, 0.25) is 12.7 Å². The molecule has 0 fully saturated rings. The van der Waals surface area contributed by atoms with Crippen molar-refractivity contribution < 1.29 is 23.8 Å². The van der Waals surface area contributed by atoms with Crippen LogP contribution < -0.4 is 19.5 Å². The van der Waals surface area contributed by atoms with E-state index in [-0.39, 0.29) is 18.6 Å². The molecule has 7 heteroatoms. The van der Waals surface area contributed by atoms with E-state index < -0.39 is 6.10 Å². The molecule has 0 saturated carbocycles. The zero-order valence-electron chi connectivity index (χ0n) is 18.2. The van der Waals surface area contributed by atoms with Crippen molar-refractivity contribution in [2.75, 3.05) is 12.1 Å². The lowest BCUT2D eigenvalue weighted by Crippen LogP contribution is -2.37. The van der Waals surface area contributed by atoms with Crippen molar-refractivity contribution in [2.24, 2.45) is 0 Å². The van der Waals surface area contributed by atoms with E-state index in [0.717, 1.165) is 16.7 Å². The second kappa shape index (κ2) is 8.86. The predicted molar refractivity (Wildman–Crippen MR) is 122 cm³/mol. The van der Waals surface area contributed by atoms with Crippen LogP contribution in [0, 0.1) is 0 Å². The topological polar surface area (TPSA) is 77.1 Å². The van der Waals surface area contributed by atoms with Gasteiger partial charge in [-0.1, -0.05) is 36.4 Å². The molecule has 2 amide bonds. The van der Waals surface area contributed by atoms with Gasteiger partial charge in [-0.3, -0.25) is 9.59 Å². The number of hydrogen-bond donors (Lipinski definition) is 1. The van der Waals surface area contributed by atoms with Gasteiger partial charge in [-0.05, 0) is 48.4 Å². The highest BCUT2D eigenvalue weighted by molar-refractivity contribution is 5.92. The van der Waals surface area contributed by atoms with Crippen LogP contribution in [-0.2, 0) is 29.1 Å². The van der Waals surface area contributed by atoms with E-state index in [0.29, 0.717) is 42.4 Å². The van der Waals surface area contributed by atoms with Gasteiger partial charge in [-0.15, -0.1) is 0 Å². The summed E-state index contributed by atoms with van der Waals surface area (Å²) in [5, 5.41) is 2.95. The van der Waals surface area contributed by atoms with E-state index in [4.69, 9.17) is 14.2 Å². The molecule has 1 N–H and O–H groups in total. The Hall–Kier alpha value is -4.00. The molecule has 2 heterocycles. The van der Waals surface area contributed by atoms with Crippen LogP contribution in [-0.4, -0.2) is 29.6 Å². The smallest absolute Gasteiger partial charge is 0.263 e. The van der Waals surface area contributed by atoms with Crippen molar-refractivity contribution in [3.8, 4) is 17.2 Å². The van der Waals surface area contributed by atoms with Gasteiger partial charge in [-0.25, -0.2) is 0 Å². The number of fused-ring (bicyclic) bond motifs is 2. The first kappa shape index (κ1) is 20.9. The third-order valence-corrected chi connectivity index (χ3v) is 5.69. The molecule has 33 heavy (non-hydrogen) atoms. The van der Waals surface area contributed by atoms with Gasteiger partial charge >= 0.3 is 0 Å². The molecular weight excluding hydrogens is 420 g/mol. The highest BCUT2D eigenvalue weighted by atomic mass is 16.7. The minimum Gasteiger partial charge on any atom is -0.481 e. The third kappa shape index (κ3) is 4.62. The molecular formula is C26H24N2O5. The Kier molecular flexibility index (Phi) is 5.60. The molecule has 0 bridgehead atoms. The highest BCUT2D eigenvalue weighted by Gasteiger charge is 2.28. The first-order valence-electron chi connectivity index (χ1n) is 10.9. The lowest BCUT2D eigenvalue weighted by molar-refractivity contribution is -0.138. The summed E-state index contributed by atoms with van der Waals surface area (Å²) < 4.78 is 16.8. The predicted octanol–water partition coefficient (Wildman–Crippen LogP) is 3.91. The molecule has 3 aromatic rings.